The third kappa shape index (κ3) is 4.79. The molecule has 0 saturated heterocycles. The summed E-state index contributed by atoms with van der Waals surface area (Å²) in [6.45, 7) is 3.73. The first-order valence-electron chi connectivity index (χ1n) is 10.1. The van der Waals surface area contributed by atoms with Crippen LogP contribution >= 0.6 is 0 Å². The zero-order valence-electron chi connectivity index (χ0n) is 17.7. The Morgan fingerprint density at radius 3 is 2.37 bits per heavy atom. The molecule has 0 aliphatic carbocycles. The molecule has 1 aliphatic rings. The summed E-state index contributed by atoms with van der Waals surface area (Å²) in [5.74, 6) is 1.14. The minimum absolute atomic E-state index is 0.201. The third-order valence-electron chi connectivity index (χ3n) is 5.09. The number of nitrogens with one attached hydrogen (secondary N) is 2. The van der Waals surface area contributed by atoms with Crippen molar-refractivity contribution in [3.63, 3.8) is 0 Å². The smallest absolute Gasteiger partial charge is 0.261 e. The fourth-order valence-corrected chi connectivity index (χ4v) is 3.44. The molecule has 0 fully saturated rings. The van der Waals surface area contributed by atoms with Gasteiger partial charge < -0.3 is 15.4 Å². The molecule has 0 saturated carbocycles. The highest BCUT2D eigenvalue weighted by atomic mass is 16.5. The number of methoxy groups -OCH3 is 1. The number of benzene rings is 2. The number of carbonyl (C=O) groups is 2. The van der Waals surface area contributed by atoms with Crippen LogP contribution < -0.4 is 15.4 Å². The van der Waals surface area contributed by atoms with Crippen molar-refractivity contribution < 1.29 is 14.3 Å². The van der Waals surface area contributed by atoms with Gasteiger partial charge in [-0.05, 0) is 43.5 Å². The zero-order chi connectivity index (χ0) is 21.5. The predicted molar refractivity (Wildman–Crippen MR) is 117 cm³/mol. The van der Waals surface area contributed by atoms with E-state index in [1.54, 1.807) is 38.4 Å². The fraction of sp³-hybridized carbons (Fsp3) is 0.348. The molecule has 2 N–H and O–H groups in total. The van der Waals surface area contributed by atoms with E-state index in [4.69, 9.17) is 4.74 Å². The summed E-state index contributed by atoms with van der Waals surface area (Å²) in [7, 11) is 3.39. The molecular formula is C23H28N4O3. The number of fused-ring (bicyclic) bond motifs is 1. The fourth-order valence-electron chi connectivity index (χ4n) is 3.44. The number of amides is 2. The van der Waals surface area contributed by atoms with Crippen LogP contribution in [0.2, 0.25) is 0 Å². The average Bonchev–Trinajstić information content (AvgIpc) is 3.01. The SMILES string of the molecule is CN=C(NCCCCN1C(=O)c2ccccc2C1=O)NCc1ccc(C)cc1OC. The normalized spacial score (nSPS) is 13.4. The Morgan fingerprint density at radius 2 is 1.73 bits per heavy atom. The molecular weight excluding hydrogens is 380 g/mol. The molecule has 30 heavy (non-hydrogen) atoms. The molecule has 0 spiro atoms. The van der Waals surface area contributed by atoms with Crippen LogP contribution in [0.25, 0.3) is 0 Å². The second-order valence-electron chi connectivity index (χ2n) is 7.18. The van der Waals surface area contributed by atoms with Gasteiger partial charge in [0.2, 0.25) is 0 Å². The number of guanidine groups is 1. The van der Waals surface area contributed by atoms with Crippen molar-refractivity contribution in [1.82, 2.24) is 15.5 Å². The molecule has 7 nitrogen and oxygen atoms in total. The number of imide groups is 1. The van der Waals surface area contributed by atoms with Gasteiger partial charge in [-0.15, -0.1) is 0 Å². The van der Waals surface area contributed by atoms with Gasteiger partial charge in [-0.3, -0.25) is 19.5 Å². The molecule has 0 atom stereocenters. The average molecular weight is 409 g/mol. The van der Waals surface area contributed by atoms with Gasteiger partial charge in [-0.25, -0.2) is 0 Å². The highest BCUT2D eigenvalue weighted by molar-refractivity contribution is 6.21. The molecule has 1 aliphatic heterocycles. The molecule has 2 aromatic rings. The molecule has 158 valence electrons. The summed E-state index contributed by atoms with van der Waals surface area (Å²) >= 11 is 0. The Balaban J connectivity index is 1.41. The Labute approximate surface area is 177 Å². The summed E-state index contributed by atoms with van der Waals surface area (Å²) in [4.78, 5) is 30.3. The van der Waals surface area contributed by atoms with E-state index in [2.05, 4.69) is 21.7 Å². The van der Waals surface area contributed by atoms with Crippen LogP contribution in [0, 0.1) is 6.92 Å². The van der Waals surface area contributed by atoms with Crippen molar-refractivity contribution in [2.45, 2.75) is 26.3 Å². The lowest BCUT2D eigenvalue weighted by Crippen LogP contribution is -2.37. The van der Waals surface area contributed by atoms with Gasteiger partial charge in [0.15, 0.2) is 5.96 Å². The molecule has 7 heteroatoms. The minimum atomic E-state index is -0.201. The van der Waals surface area contributed by atoms with Crippen LogP contribution in [0.4, 0.5) is 0 Å². The van der Waals surface area contributed by atoms with Crippen molar-refractivity contribution >= 4 is 17.8 Å². The lowest BCUT2D eigenvalue weighted by atomic mass is 10.1. The predicted octanol–water partition coefficient (Wildman–Crippen LogP) is 2.75. The number of hydrogen-bond acceptors (Lipinski definition) is 4. The second-order valence-corrected chi connectivity index (χ2v) is 7.18. The maximum atomic E-state index is 12.4. The van der Waals surface area contributed by atoms with E-state index in [0.717, 1.165) is 29.7 Å². The van der Waals surface area contributed by atoms with Gasteiger partial charge in [-0.2, -0.15) is 0 Å². The zero-order valence-corrected chi connectivity index (χ0v) is 17.7. The van der Waals surface area contributed by atoms with Crippen LogP contribution in [0.5, 0.6) is 5.75 Å². The second kappa shape index (κ2) is 9.91. The molecule has 0 aromatic heterocycles. The summed E-state index contributed by atoms with van der Waals surface area (Å²) < 4.78 is 5.43. The Morgan fingerprint density at radius 1 is 1.03 bits per heavy atom. The van der Waals surface area contributed by atoms with E-state index in [-0.39, 0.29) is 11.8 Å². The van der Waals surface area contributed by atoms with Crippen LogP contribution in [-0.2, 0) is 6.54 Å². The quantitative estimate of drug-likeness (QED) is 0.304. The van der Waals surface area contributed by atoms with Crippen molar-refractivity contribution in [2.75, 3.05) is 27.2 Å². The number of carbonyl (C=O) groups excluding carboxylic acids is 2. The van der Waals surface area contributed by atoms with Gasteiger partial charge in [0.25, 0.3) is 11.8 Å². The van der Waals surface area contributed by atoms with Gasteiger partial charge in [0.1, 0.15) is 5.75 Å². The van der Waals surface area contributed by atoms with Crippen LogP contribution in [0.3, 0.4) is 0 Å². The van der Waals surface area contributed by atoms with E-state index in [1.807, 2.05) is 19.1 Å². The van der Waals surface area contributed by atoms with Gasteiger partial charge in [-0.1, -0.05) is 24.3 Å². The molecule has 0 bridgehead atoms. The summed E-state index contributed by atoms with van der Waals surface area (Å²) in [5.41, 5.74) is 3.20. The third-order valence-corrected chi connectivity index (χ3v) is 5.09. The molecule has 3 rings (SSSR count). The Hall–Kier alpha value is -3.35. The van der Waals surface area contributed by atoms with Crippen molar-refractivity contribution in [3.8, 4) is 5.75 Å². The maximum absolute atomic E-state index is 12.4. The number of aryl methyl sites for hydroxylation is 1. The van der Waals surface area contributed by atoms with Gasteiger partial charge in [0.05, 0.1) is 18.2 Å². The van der Waals surface area contributed by atoms with Crippen molar-refractivity contribution in [2.24, 2.45) is 4.99 Å². The number of ether oxygens (including phenoxy) is 1. The van der Waals surface area contributed by atoms with Crippen molar-refractivity contribution in [1.29, 1.82) is 0 Å². The highest BCUT2D eigenvalue weighted by Gasteiger charge is 2.34. The largest absolute Gasteiger partial charge is 0.496 e. The molecule has 0 radical (unpaired) electrons. The van der Waals surface area contributed by atoms with Crippen LogP contribution in [-0.4, -0.2) is 49.9 Å². The van der Waals surface area contributed by atoms with E-state index in [9.17, 15) is 9.59 Å². The monoisotopic (exact) mass is 408 g/mol. The Bertz CT molecular complexity index is 920. The lowest BCUT2D eigenvalue weighted by molar-refractivity contribution is 0.0652. The molecule has 1 heterocycles. The van der Waals surface area contributed by atoms with Crippen LogP contribution in [0.15, 0.2) is 47.5 Å². The first-order chi connectivity index (χ1) is 14.5. The summed E-state index contributed by atoms with van der Waals surface area (Å²) in [6.07, 6.45) is 1.53. The first kappa shape index (κ1) is 21.4. The number of rotatable bonds is 8. The number of hydrogen-bond donors (Lipinski definition) is 2. The van der Waals surface area contributed by atoms with Gasteiger partial charge >= 0.3 is 0 Å². The van der Waals surface area contributed by atoms with E-state index in [0.29, 0.717) is 36.7 Å². The lowest BCUT2D eigenvalue weighted by Gasteiger charge is -2.15. The number of unbranched alkanes of at least 4 members (excludes halogenated alkanes) is 1. The summed E-state index contributed by atoms with van der Waals surface area (Å²) in [5, 5.41) is 6.54. The molecule has 2 aromatic carbocycles. The number of aliphatic imine (C=N–C) groups is 1. The van der Waals surface area contributed by atoms with E-state index in [1.165, 1.54) is 4.90 Å². The number of nitrogens with zero attached hydrogens (tertiary/aromatic N) is 2. The summed E-state index contributed by atoms with van der Waals surface area (Å²) in [6, 6.07) is 13.1. The Kier molecular flexibility index (Phi) is 7.06. The van der Waals surface area contributed by atoms with E-state index < -0.39 is 0 Å². The maximum Gasteiger partial charge on any atom is 0.261 e. The first-order valence-corrected chi connectivity index (χ1v) is 10.1. The molecule has 0 unspecified atom stereocenters. The minimum Gasteiger partial charge on any atom is -0.496 e. The molecule has 2 amide bonds. The topological polar surface area (TPSA) is 83.0 Å². The van der Waals surface area contributed by atoms with Crippen molar-refractivity contribution in [3.05, 3.63) is 64.7 Å². The van der Waals surface area contributed by atoms with Gasteiger partial charge in [0, 0.05) is 32.2 Å². The van der Waals surface area contributed by atoms with E-state index >= 15 is 0 Å². The standard InChI is InChI=1S/C23H28N4O3/c1-16-10-11-17(20(14-16)30-3)15-26-23(24-2)25-12-6-7-13-27-21(28)18-8-4-5-9-19(18)22(27)29/h4-5,8-11,14H,6-7,12-13,15H2,1-3H3,(H2,24,25,26). The van der Waals surface area contributed by atoms with Crippen LogP contribution in [0.1, 0.15) is 44.7 Å². The highest BCUT2D eigenvalue weighted by Crippen LogP contribution is 2.22.